The summed E-state index contributed by atoms with van der Waals surface area (Å²) < 4.78 is 1.59. The van der Waals surface area contributed by atoms with Crippen LogP contribution < -0.4 is 10.6 Å². The second-order valence-electron chi connectivity index (χ2n) is 5.69. The van der Waals surface area contributed by atoms with Crippen molar-refractivity contribution in [2.45, 2.75) is 19.0 Å². The molecule has 25 heavy (non-hydrogen) atoms. The van der Waals surface area contributed by atoms with Gasteiger partial charge in [0, 0.05) is 10.3 Å². The van der Waals surface area contributed by atoms with Gasteiger partial charge < -0.3 is 10.6 Å². The van der Waals surface area contributed by atoms with Gasteiger partial charge in [-0.1, -0.05) is 18.2 Å². The molecule has 4 rings (SSSR count). The number of rotatable bonds is 4. The first kappa shape index (κ1) is 15.9. The predicted octanol–water partition coefficient (Wildman–Crippen LogP) is 2.97. The van der Waals surface area contributed by atoms with Crippen LogP contribution in [0.1, 0.15) is 16.1 Å². The molecule has 1 aromatic carbocycles. The Balaban J connectivity index is 1.54. The highest BCUT2D eigenvalue weighted by Gasteiger charge is 2.33. The molecule has 3 heterocycles. The first-order valence-electron chi connectivity index (χ1n) is 7.75. The van der Waals surface area contributed by atoms with E-state index in [0.717, 1.165) is 15.8 Å². The Kier molecular flexibility index (Phi) is 4.06. The third-order valence-electron chi connectivity index (χ3n) is 4.05. The first-order valence-corrected chi connectivity index (χ1v) is 9.04. The van der Waals surface area contributed by atoms with Crippen LogP contribution in [0, 0.1) is 4.77 Å². The zero-order valence-corrected chi connectivity index (χ0v) is 14.7. The van der Waals surface area contributed by atoms with Gasteiger partial charge in [-0.15, -0.1) is 11.3 Å². The van der Waals surface area contributed by atoms with Crippen molar-refractivity contribution in [1.82, 2.24) is 14.9 Å². The van der Waals surface area contributed by atoms with Crippen LogP contribution in [-0.2, 0) is 11.3 Å². The van der Waals surface area contributed by atoms with E-state index in [1.54, 1.807) is 11.3 Å². The van der Waals surface area contributed by atoms with E-state index in [1.807, 2.05) is 41.8 Å². The minimum atomic E-state index is -0.641. The van der Waals surface area contributed by atoms with Crippen molar-refractivity contribution < 1.29 is 9.59 Å². The Labute approximate surface area is 152 Å². The van der Waals surface area contributed by atoms with Crippen molar-refractivity contribution in [2.75, 3.05) is 5.32 Å². The molecule has 3 aromatic rings. The molecular weight excluding hydrogens is 356 g/mol. The molecule has 0 aliphatic carbocycles. The lowest BCUT2D eigenvalue weighted by atomic mass is 10.2. The van der Waals surface area contributed by atoms with Crippen LogP contribution in [0.15, 0.2) is 41.8 Å². The van der Waals surface area contributed by atoms with Crippen molar-refractivity contribution in [2.24, 2.45) is 0 Å². The van der Waals surface area contributed by atoms with E-state index in [9.17, 15) is 9.59 Å². The number of hydrogen-bond donors (Lipinski definition) is 2. The molecule has 0 bridgehead atoms. The molecule has 2 aromatic heterocycles. The van der Waals surface area contributed by atoms with Crippen LogP contribution in [0.2, 0.25) is 0 Å². The molecule has 6 nitrogen and oxygen atoms in total. The minimum absolute atomic E-state index is 0.0506. The summed E-state index contributed by atoms with van der Waals surface area (Å²) in [6, 6.07) is 10.7. The zero-order chi connectivity index (χ0) is 17.4. The average molecular weight is 370 g/mol. The highest BCUT2D eigenvalue weighted by atomic mass is 32.1. The van der Waals surface area contributed by atoms with Gasteiger partial charge in [-0.05, 0) is 35.8 Å². The lowest BCUT2D eigenvalue weighted by Crippen LogP contribution is -2.33. The van der Waals surface area contributed by atoms with Crippen LogP contribution in [0.5, 0.6) is 0 Å². The molecule has 1 aliphatic rings. The van der Waals surface area contributed by atoms with Crippen LogP contribution in [-0.4, -0.2) is 27.4 Å². The van der Waals surface area contributed by atoms with Crippen molar-refractivity contribution in [1.29, 1.82) is 0 Å². The third kappa shape index (κ3) is 2.94. The standard InChI is InChI=1S/C17H14N4O2S2/c22-14(18-9-10-4-3-7-25-10)8-13-16(23)21-15(19-13)11-5-1-2-6-12(11)20-17(21)24/h1-7,13,19H,8-9H2,(H,18,22). The Morgan fingerprint density at radius 1 is 1.32 bits per heavy atom. The predicted molar refractivity (Wildman–Crippen MR) is 99.4 cm³/mol. The topological polar surface area (TPSA) is 76.0 Å². The first-order chi connectivity index (χ1) is 12.1. The summed E-state index contributed by atoms with van der Waals surface area (Å²) in [5, 5.41) is 8.75. The maximum atomic E-state index is 12.6. The lowest BCUT2D eigenvalue weighted by Gasteiger charge is -2.09. The van der Waals surface area contributed by atoms with Crippen LogP contribution in [0.25, 0.3) is 10.9 Å². The molecule has 1 amide bonds. The van der Waals surface area contributed by atoms with Gasteiger partial charge in [0.15, 0.2) is 0 Å². The van der Waals surface area contributed by atoms with Gasteiger partial charge >= 0.3 is 0 Å². The van der Waals surface area contributed by atoms with Crippen molar-refractivity contribution in [3.63, 3.8) is 0 Å². The van der Waals surface area contributed by atoms with Gasteiger partial charge in [0.2, 0.25) is 10.7 Å². The monoisotopic (exact) mass is 370 g/mol. The van der Waals surface area contributed by atoms with E-state index in [-0.39, 0.29) is 23.0 Å². The number of nitrogens with zero attached hydrogens (tertiary/aromatic N) is 2. The highest BCUT2D eigenvalue weighted by Crippen LogP contribution is 2.28. The molecule has 1 aliphatic heterocycles. The number of thiophene rings is 1. The summed E-state index contributed by atoms with van der Waals surface area (Å²) in [5.41, 5.74) is 0.724. The zero-order valence-electron chi connectivity index (χ0n) is 13.1. The second kappa shape index (κ2) is 6.38. The van der Waals surface area contributed by atoms with E-state index in [0.29, 0.717) is 12.4 Å². The number of fused-ring (bicyclic) bond motifs is 3. The Morgan fingerprint density at radius 2 is 2.16 bits per heavy atom. The number of aromatic nitrogens is 2. The van der Waals surface area contributed by atoms with E-state index >= 15 is 0 Å². The lowest BCUT2D eigenvalue weighted by molar-refractivity contribution is -0.121. The van der Waals surface area contributed by atoms with Gasteiger partial charge in [0.25, 0.3) is 5.91 Å². The fourth-order valence-corrected chi connectivity index (χ4v) is 3.79. The molecule has 126 valence electrons. The maximum absolute atomic E-state index is 12.6. The number of benzene rings is 1. The van der Waals surface area contributed by atoms with Crippen LogP contribution >= 0.6 is 23.6 Å². The molecule has 0 fully saturated rings. The van der Waals surface area contributed by atoms with Gasteiger partial charge in [-0.25, -0.2) is 9.55 Å². The van der Waals surface area contributed by atoms with E-state index in [1.165, 1.54) is 4.57 Å². The van der Waals surface area contributed by atoms with Gasteiger partial charge in [-0.3, -0.25) is 9.59 Å². The Hall–Kier alpha value is -2.58. The molecule has 8 heteroatoms. The highest BCUT2D eigenvalue weighted by molar-refractivity contribution is 7.71. The van der Waals surface area contributed by atoms with Gasteiger partial charge in [0.05, 0.1) is 18.5 Å². The summed E-state index contributed by atoms with van der Waals surface area (Å²) >= 11 is 6.82. The molecular formula is C17H14N4O2S2. The molecule has 0 saturated carbocycles. The van der Waals surface area contributed by atoms with Crippen LogP contribution in [0.3, 0.4) is 0 Å². The molecule has 0 saturated heterocycles. The number of anilines is 1. The van der Waals surface area contributed by atoms with Crippen LogP contribution in [0.4, 0.5) is 5.82 Å². The van der Waals surface area contributed by atoms with Crippen molar-refractivity contribution in [3.05, 3.63) is 51.4 Å². The quantitative estimate of drug-likeness (QED) is 0.691. The second-order valence-corrected chi connectivity index (χ2v) is 7.09. The minimum Gasteiger partial charge on any atom is -0.358 e. The maximum Gasteiger partial charge on any atom is 0.257 e. The van der Waals surface area contributed by atoms with Crippen molar-refractivity contribution >= 4 is 52.1 Å². The SMILES string of the molecule is O=C(CC1Nc2c3ccccc3nc(=S)n2C1=O)NCc1cccs1. The average Bonchev–Trinajstić information content (AvgIpc) is 3.22. The smallest absolute Gasteiger partial charge is 0.257 e. The fraction of sp³-hybridized carbons (Fsp3) is 0.176. The summed E-state index contributed by atoms with van der Waals surface area (Å²) in [5.74, 6) is 0.178. The number of para-hydroxylation sites is 1. The summed E-state index contributed by atoms with van der Waals surface area (Å²) in [6.45, 7) is 0.467. The molecule has 2 N–H and O–H groups in total. The van der Waals surface area contributed by atoms with E-state index in [2.05, 4.69) is 15.6 Å². The summed E-state index contributed by atoms with van der Waals surface area (Å²) in [4.78, 5) is 30.2. The van der Waals surface area contributed by atoms with Crippen molar-refractivity contribution in [3.8, 4) is 0 Å². The number of amides is 1. The molecule has 0 radical (unpaired) electrons. The normalized spacial score (nSPS) is 15.8. The van der Waals surface area contributed by atoms with E-state index < -0.39 is 6.04 Å². The third-order valence-corrected chi connectivity index (χ3v) is 5.20. The fourth-order valence-electron chi connectivity index (χ4n) is 2.86. The number of carbonyl (C=O) groups excluding carboxylic acids is 2. The molecule has 0 spiro atoms. The number of carbonyl (C=O) groups is 2. The van der Waals surface area contributed by atoms with Gasteiger partial charge in [-0.2, -0.15) is 0 Å². The largest absolute Gasteiger partial charge is 0.358 e. The van der Waals surface area contributed by atoms with E-state index in [4.69, 9.17) is 12.2 Å². The number of nitrogens with one attached hydrogen (secondary N) is 2. The Morgan fingerprint density at radius 3 is 2.96 bits per heavy atom. The van der Waals surface area contributed by atoms with Gasteiger partial charge in [0.1, 0.15) is 11.9 Å². The summed E-state index contributed by atoms with van der Waals surface area (Å²) in [7, 11) is 0. The number of hydrogen-bond acceptors (Lipinski definition) is 6. The molecule has 1 atom stereocenters. The Bertz CT molecular complexity index is 1030. The summed E-state index contributed by atoms with van der Waals surface area (Å²) in [6.07, 6.45) is 0.0506. The molecule has 1 unspecified atom stereocenters.